The van der Waals surface area contributed by atoms with Gasteiger partial charge in [-0.05, 0) is 24.5 Å². The molecule has 24 heavy (non-hydrogen) atoms. The molecule has 0 aliphatic rings. The maximum Gasteiger partial charge on any atom is 0.239 e. The van der Waals surface area contributed by atoms with Crippen molar-refractivity contribution < 1.29 is 9.53 Å². The van der Waals surface area contributed by atoms with Gasteiger partial charge in [0.2, 0.25) is 5.91 Å². The summed E-state index contributed by atoms with van der Waals surface area (Å²) < 4.78 is 9.21. The molecule has 0 spiro atoms. The Morgan fingerprint density at radius 3 is 3.04 bits per heavy atom. The summed E-state index contributed by atoms with van der Waals surface area (Å²) in [5, 5.41) is 3.70. The van der Waals surface area contributed by atoms with E-state index in [0.717, 1.165) is 26.5 Å². The van der Waals surface area contributed by atoms with E-state index in [4.69, 9.17) is 4.74 Å². The first-order valence-corrected chi connectivity index (χ1v) is 9.20. The number of thiazole rings is 1. The van der Waals surface area contributed by atoms with Gasteiger partial charge < -0.3 is 10.1 Å². The Kier molecular flexibility index (Phi) is 5.29. The number of benzene rings is 1. The molecule has 0 radical (unpaired) electrons. The van der Waals surface area contributed by atoms with E-state index in [1.165, 1.54) is 11.9 Å². The molecule has 0 unspecified atom stereocenters. The number of amides is 1. The lowest BCUT2D eigenvalue weighted by Gasteiger charge is -2.08. The molecule has 6 nitrogen and oxygen atoms in total. The SMILES string of the molecule is COc1ccc2sc(-c3cnccc3NC(=O)CNSC)nc2c1. The standard InChI is InChI=1S/C16H16N4O2S2/c1-22-10-3-4-14-13(7-10)20-16(24-14)11-8-17-6-5-12(11)19-15(21)9-18-23-2/h3-8,18H,9H2,1-2H3,(H,17,19,21). The molecule has 2 heterocycles. The number of rotatable bonds is 6. The Hall–Kier alpha value is -2.16. The first-order valence-electron chi connectivity index (χ1n) is 7.16. The number of nitrogens with zero attached hydrogens (tertiary/aromatic N) is 2. The van der Waals surface area contributed by atoms with Crippen molar-refractivity contribution in [2.75, 3.05) is 25.2 Å². The molecule has 124 valence electrons. The van der Waals surface area contributed by atoms with E-state index < -0.39 is 0 Å². The van der Waals surface area contributed by atoms with Crippen LogP contribution >= 0.6 is 23.3 Å². The summed E-state index contributed by atoms with van der Waals surface area (Å²) in [5.41, 5.74) is 2.36. The van der Waals surface area contributed by atoms with Gasteiger partial charge in [-0.2, -0.15) is 0 Å². The summed E-state index contributed by atoms with van der Waals surface area (Å²) >= 11 is 2.95. The molecule has 0 aliphatic heterocycles. The van der Waals surface area contributed by atoms with Gasteiger partial charge in [0.25, 0.3) is 0 Å². The number of carbonyl (C=O) groups excluding carboxylic acids is 1. The van der Waals surface area contributed by atoms with Crippen LogP contribution in [0.5, 0.6) is 5.75 Å². The molecule has 8 heteroatoms. The van der Waals surface area contributed by atoms with Crippen LogP contribution in [0.2, 0.25) is 0 Å². The molecule has 0 fully saturated rings. The topological polar surface area (TPSA) is 76.1 Å². The molecule has 0 saturated carbocycles. The van der Waals surface area contributed by atoms with Crippen molar-refractivity contribution in [3.05, 3.63) is 36.7 Å². The number of hydrogen-bond acceptors (Lipinski definition) is 7. The van der Waals surface area contributed by atoms with Crippen molar-refractivity contribution in [2.24, 2.45) is 0 Å². The van der Waals surface area contributed by atoms with Gasteiger partial charge >= 0.3 is 0 Å². The van der Waals surface area contributed by atoms with Crippen molar-refractivity contribution in [1.29, 1.82) is 0 Å². The fourth-order valence-electron chi connectivity index (χ4n) is 2.16. The zero-order valence-electron chi connectivity index (χ0n) is 13.2. The van der Waals surface area contributed by atoms with Gasteiger partial charge in [0.05, 0.1) is 35.1 Å². The van der Waals surface area contributed by atoms with Gasteiger partial charge in [0.15, 0.2) is 0 Å². The van der Waals surface area contributed by atoms with Crippen molar-refractivity contribution >= 4 is 45.1 Å². The molecule has 0 atom stereocenters. The van der Waals surface area contributed by atoms with Crippen LogP contribution in [0.25, 0.3) is 20.8 Å². The van der Waals surface area contributed by atoms with Crippen molar-refractivity contribution in [3.8, 4) is 16.3 Å². The fraction of sp³-hybridized carbons (Fsp3) is 0.188. The largest absolute Gasteiger partial charge is 0.497 e. The Morgan fingerprint density at radius 2 is 2.25 bits per heavy atom. The van der Waals surface area contributed by atoms with Gasteiger partial charge in [-0.25, -0.2) is 4.98 Å². The Morgan fingerprint density at radius 1 is 1.38 bits per heavy atom. The number of fused-ring (bicyclic) bond motifs is 1. The number of aromatic nitrogens is 2. The average Bonchev–Trinajstić information content (AvgIpc) is 3.03. The molecule has 2 aromatic heterocycles. The Balaban J connectivity index is 1.93. The van der Waals surface area contributed by atoms with E-state index in [0.29, 0.717) is 5.69 Å². The third kappa shape index (κ3) is 3.66. The number of carbonyl (C=O) groups is 1. The number of hydrogen-bond donors (Lipinski definition) is 2. The minimum atomic E-state index is -0.111. The lowest BCUT2D eigenvalue weighted by atomic mass is 10.2. The van der Waals surface area contributed by atoms with E-state index >= 15 is 0 Å². The lowest BCUT2D eigenvalue weighted by Crippen LogP contribution is -2.23. The zero-order chi connectivity index (χ0) is 16.9. The maximum atomic E-state index is 12.0. The number of methoxy groups -OCH3 is 1. The predicted molar refractivity (Wildman–Crippen MR) is 99.6 cm³/mol. The predicted octanol–water partition coefficient (Wildman–Crippen LogP) is 3.17. The van der Waals surface area contributed by atoms with E-state index in [1.807, 2.05) is 24.5 Å². The maximum absolute atomic E-state index is 12.0. The quantitative estimate of drug-likeness (QED) is 0.658. The van der Waals surface area contributed by atoms with Crippen LogP contribution in [-0.2, 0) is 4.79 Å². The van der Waals surface area contributed by atoms with Crippen LogP contribution in [0, 0.1) is 0 Å². The lowest BCUT2D eigenvalue weighted by molar-refractivity contribution is -0.115. The van der Waals surface area contributed by atoms with Crippen molar-refractivity contribution in [1.82, 2.24) is 14.7 Å². The molecule has 2 N–H and O–H groups in total. The van der Waals surface area contributed by atoms with Crippen LogP contribution in [-0.4, -0.2) is 35.8 Å². The number of nitrogens with one attached hydrogen (secondary N) is 2. The number of anilines is 1. The first kappa shape index (κ1) is 16.7. The monoisotopic (exact) mass is 360 g/mol. The average molecular weight is 360 g/mol. The minimum Gasteiger partial charge on any atom is -0.497 e. The van der Waals surface area contributed by atoms with E-state index in [-0.39, 0.29) is 12.5 Å². The van der Waals surface area contributed by atoms with Gasteiger partial charge in [0, 0.05) is 18.5 Å². The smallest absolute Gasteiger partial charge is 0.239 e. The summed E-state index contributed by atoms with van der Waals surface area (Å²) in [6, 6.07) is 7.56. The second-order valence-corrected chi connectivity index (χ2v) is 6.57. The first-order chi connectivity index (χ1) is 11.7. The highest BCUT2D eigenvalue weighted by molar-refractivity contribution is 7.96. The van der Waals surface area contributed by atoms with Crippen molar-refractivity contribution in [2.45, 2.75) is 0 Å². The Labute approximate surface area is 147 Å². The summed E-state index contributed by atoms with van der Waals surface area (Å²) in [4.78, 5) is 20.8. The van der Waals surface area contributed by atoms with Crippen LogP contribution in [0.3, 0.4) is 0 Å². The number of pyridine rings is 1. The molecule has 3 rings (SSSR count). The molecule has 3 aromatic rings. The summed E-state index contributed by atoms with van der Waals surface area (Å²) in [7, 11) is 1.63. The minimum absolute atomic E-state index is 0.111. The van der Waals surface area contributed by atoms with Crippen LogP contribution < -0.4 is 14.8 Å². The summed E-state index contributed by atoms with van der Waals surface area (Å²) in [6.45, 7) is 0.236. The normalized spacial score (nSPS) is 10.8. The van der Waals surface area contributed by atoms with Crippen LogP contribution in [0.4, 0.5) is 5.69 Å². The van der Waals surface area contributed by atoms with E-state index in [2.05, 4.69) is 20.0 Å². The van der Waals surface area contributed by atoms with Crippen molar-refractivity contribution in [3.63, 3.8) is 0 Å². The van der Waals surface area contributed by atoms with E-state index in [9.17, 15) is 4.79 Å². The molecule has 1 amide bonds. The van der Waals surface area contributed by atoms with Gasteiger partial charge in [-0.15, -0.1) is 11.3 Å². The molecule has 0 bridgehead atoms. The highest BCUT2D eigenvalue weighted by atomic mass is 32.2. The molecule has 0 aliphatic carbocycles. The fourth-order valence-corrected chi connectivity index (χ4v) is 3.40. The van der Waals surface area contributed by atoms with Crippen LogP contribution in [0.1, 0.15) is 0 Å². The second-order valence-electron chi connectivity index (χ2n) is 4.85. The van der Waals surface area contributed by atoms with Gasteiger partial charge in [0.1, 0.15) is 10.8 Å². The summed E-state index contributed by atoms with van der Waals surface area (Å²) in [6.07, 6.45) is 5.24. The third-order valence-corrected chi connectivity index (χ3v) is 4.80. The molecular formula is C16H16N4O2S2. The van der Waals surface area contributed by atoms with Gasteiger partial charge in [-0.3, -0.25) is 14.5 Å². The molecule has 1 aromatic carbocycles. The number of ether oxygens (including phenoxy) is 1. The highest BCUT2D eigenvalue weighted by Crippen LogP contribution is 2.35. The summed E-state index contributed by atoms with van der Waals surface area (Å²) in [5.74, 6) is 0.654. The van der Waals surface area contributed by atoms with E-state index in [1.54, 1.807) is 36.9 Å². The third-order valence-electron chi connectivity index (χ3n) is 3.30. The van der Waals surface area contributed by atoms with Gasteiger partial charge in [-0.1, -0.05) is 11.9 Å². The Bertz CT molecular complexity index is 866. The second kappa shape index (κ2) is 7.61. The molecular weight excluding hydrogens is 344 g/mol. The zero-order valence-corrected chi connectivity index (χ0v) is 14.8. The molecule has 0 saturated heterocycles. The highest BCUT2D eigenvalue weighted by Gasteiger charge is 2.13. The van der Waals surface area contributed by atoms with Crippen LogP contribution in [0.15, 0.2) is 36.7 Å².